The molecule has 0 atom stereocenters. The minimum atomic E-state index is -0.996. The van der Waals surface area contributed by atoms with E-state index < -0.39 is 22.2 Å². The van der Waals surface area contributed by atoms with Gasteiger partial charge in [-0.05, 0) is 30.3 Å². The van der Waals surface area contributed by atoms with Gasteiger partial charge in [-0.2, -0.15) is 4.39 Å². The van der Waals surface area contributed by atoms with Gasteiger partial charge in [0.2, 0.25) is 5.82 Å². The van der Waals surface area contributed by atoms with Gasteiger partial charge in [0.1, 0.15) is 18.0 Å². The Kier molecular flexibility index (Phi) is 3.75. The van der Waals surface area contributed by atoms with Gasteiger partial charge in [-0.1, -0.05) is 11.6 Å². The summed E-state index contributed by atoms with van der Waals surface area (Å²) < 4.78 is 27.1. The topological polar surface area (TPSA) is 81.0 Å². The van der Waals surface area contributed by atoms with Crippen molar-refractivity contribution in [3.8, 4) is 0 Å². The Labute approximate surface area is 132 Å². The smallest absolute Gasteiger partial charge is 0.330 e. The molecule has 0 unspecified atom stereocenters. The number of nitrogens with one attached hydrogen (secondary N) is 1. The van der Waals surface area contributed by atoms with Gasteiger partial charge >= 0.3 is 5.69 Å². The highest BCUT2D eigenvalue weighted by Crippen LogP contribution is 2.31. The van der Waals surface area contributed by atoms with E-state index in [4.69, 9.17) is 11.6 Å². The number of aromatic nitrogens is 2. The fourth-order valence-corrected chi connectivity index (χ4v) is 2.19. The third-order valence-electron chi connectivity index (χ3n) is 3.10. The first-order valence-electron chi connectivity index (χ1n) is 6.27. The first-order chi connectivity index (χ1) is 11.0. The van der Waals surface area contributed by atoms with Crippen molar-refractivity contribution < 1.29 is 13.7 Å². The van der Waals surface area contributed by atoms with Crippen molar-refractivity contribution >= 4 is 39.7 Å². The molecule has 0 saturated heterocycles. The van der Waals surface area contributed by atoms with Crippen molar-refractivity contribution in [2.24, 2.45) is 0 Å². The van der Waals surface area contributed by atoms with Crippen LogP contribution in [0.4, 0.5) is 26.0 Å². The summed E-state index contributed by atoms with van der Waals surface area (Å²) >= 11 is 5.61. The van der Waals surface area contributed by atoms with Gasteiger partial charge in [0.15, 0.2) is 5.52 Å². The summed E-state index contributed by atoms with van der Waals surface area (Å²) in [7, 11) is 0. The van der Waals surface area contributed by atoms with Crippen molar-refractivity contribution in [2.75, 3.05) is 5.32 Å². The standard InChI is InChI=1S/C14H7ClF2N4O2/c15-9-3-1-7(5-11(9)17)20-14-8-2-4-10(16)13(21(22)23)12(8)18-6-19-14/h1-6H,(H,18,19,20). The van der Waals surface area contributed by atoms with E-state index in [0.717, 1.165) is 18.5 Å². The number of hydrogen-bond acceptors (Lipinski definition) is 5. The maximum atomic E-state index is 13.6. The maximum absolute atomic E-state index is 13.6. The maximum Gasteiger partial charge on any atom is 0.330 e. The molecular weight excluding hydrogens is 330 g/mol. The van der Waals surface area contributed by atoms with E-state index in [1.165, 1.54) is 18.2 Å². The van der Waals surface area contributed by atoms with Gasteiger partial charge in [0, 0.05) is 5.69 Å². The Balaban J connectivity index is 2.13. The lowest BCUT2D eigenvalue weighted by Gasteiger charge is -2.09. The predicted molar refractivity (Wildman–Crippen MR) is 80.8 cm³/mol. The van der Waals surface area contributed by atoms with Crippen LogP contribution >= 0.6 is 11.6 Å². The summed E-state index contributed by atoms with van der Waals surface area (Å²) in [5.41, 5.74) is -0.559. The molecular formula is C14H7ClF2N4O2. The molecule has 0 spiro atoms. The van der Waals surface area contributed by atoms with Crippen LogP contribution in [0.1, 0.15) is 0 Å². The molecule has 3 rings (SSSR count). The van der Waals surface area contributed by atoms with E-state index in [1.807, 2.05) is 0 Å². The molecule has 0 saturated carbocycles. The van der Waals surface area contributed by atoms with Gasteiger partial charge in [-0.15, -0.1) is 0 Å². The number of nitro groups is 1. The van der Waals surface area contributed by atoms with Crippen molar-refractivity contribution in [2.45, 2.75) is 0 Å². The summed E-state index contributed by atoms with van der Waals surface area (Å²) in [5, 5.41) is 14.0. The highest BCUT2D eigenvalue weighted by Gasteiger charge is 2.21. The zero-order chi connectivity index (χ0) is 16.6. The zero-order valence-electron chi connectivity index (χ0n) is 11.3. The molecule has 0 bridgehead atoms. The van der Waals surface area contributed by atoms with Crippen LogP contribution in [0.15, 0.2) is 36.7 Å². The molecule has 23 heavy (non-hydrogen) atoms. The number of nitrogens with zero attached hydrogens (tertiary/aromatic N) is 3. The molecule has 116 valence electrons. The fourth-order valence-electron chi connectivity index (χ4n) is 2.07. The van der Waals surface area contributed by atoms with Crippen molar-refractivity contribution in [1.29, 1.82) is 0 Å². The monoisotopic (exact) mass is 336 g/mol. The van der Waals surface area contributed by atoms with Gasteiger partial charge in [0.25, 0.3) is 0 Å². The summed E-state index contributed by atoms with van der Waals surface area (Å²) in [4.78, 5) is 17.9. The molecule has 0 aliphatic heterocycles. The van der Waals surface area contributed by atoms with E-state index in [9.17, 15) is 18.9 Å². The minimum absolute atomic E-state index is 0.0409. The van der Waals surface area contributed by atoms with E-state index in [2.05, 4.69) is 15.3 Å². The first kappa shape index (κ1) is 15.0. The molecule has 1 aromatic heterocycles. The van der Waals surface area contributed by atoms with Gasteiger partial charge in [-0.25, -0.2) is 14.4 Å². The van der Waals surface area contributed by atoms with Crippen LogP contribution in [0.25, 0.3) is 10.9 Å². The predicted octanol–water partition coefficient (Wildman–Crippen LogP) is 4.21. The lowest BCUT2D eigenvalue weighted by atomic mass is 10.2. The molecule has 1 heterocycles. The second-order valence-electron chi connectivity index (χ2n) is 4.53. The Bertz CT molecular complexity index is 936. The van der Waals surface area contributed by atoms with Crippen molar-refractivity contribution in [1.82, 2.24) is 9.97 Å². The van der Waals surface area contributed by atoms with Gasteiger partial charge < -0.3 is 5.32 Å². The molecule has 0 amide bonds. The van der Waals surface area contributed by atoms with Crippen molar-refractivity contribution in [3.05, 3.63) is 63.4 Å². The lowest BCUT2D eigenvalue weighted by molar-refractivity contribution is -0.385. The average Bonchev–Trinajstić information content (AvgIpc) is 2.50. The number of rotatable bonds is 3. The van der Waals surface area contributed by atoms with E-state index >= 15 is 0 Å². The van der Waals surface area contributed by atoms with Crippen LogP contribution < -0.4 is 5.32 Å². The Morgan fingerprint density at radius 3 is 2.61 bits per heavy atom. The Morgan fingerprint density at radius 2 is 1.91 bits per heavy atom. The number of nitro benzene ring substituents is 1. The minimum Gasteiger partial charge on any atom is -0.340 e. The quantitative estimate of drug-likeness (QED) is 0.572. The van der Waals surface area contributed by atoms with Crippen LogP contribution in [-0.4, -0.2) is 14.9 Å². The van der Waals surface area contributed by atoms with Crippen LogP contribution in [-0.2, 0) is 0 Å². The summed E-state index contributed by atoms with van der Waals surface area (Å²) in [6.45, 7) is 0. The largest absolute Gasteiger partial charge is 0.340 e. The molecule has 0 aliphatic rings. The average molecular weight is 337 g/mol. The number of anilines is 2. The number of hydrogen-bond donors (Lipinski definition) is 1. The first-order valence-corrected chi connectivity index (χ1v) is 6.65. The van der Waals surface area contributed by atoms with E-state index in [-0.39, 0.29) is 21.7 Å². The highest BCUT2D eigenvalue weighted by molar-refractivity contribution is 6.30. The van der Waals surface area contributed by atoms with E-state index in [0.29, 0.717) is 5.69 Å². The number of fused-ring (bicyclic) bond motifs is 1. The molecule has 3 aromatic rings. The molecule has 0 fully saturated rings. The van der Waals surface area contributed by atoms with E-state index in [1.54, 1.807) is 0 Å². The van der Waals surface area contributed by atoms with Crippen LogP contribution in [0.5, 0.6) is 0 Å². The molecule has 6 nitrogen and oxygen atoms in total. The summed E-state index contributed by atoms with van der Waals surface area (Å²) in [5.74, 6) is -1.45. The van der Waals surface area contributed by atoms with Crippen molar-refractivity contribution in [3.63, 3.8) is 0 Å². The summed E-state index contributed by atoms with van der Waals surface area (Å²) in [6, 6.07) is 6.28. The molecule has 0 aliphatic carbocycles. The zero-order valence-corrected chi connectivity index (χ0v) is 12.0. The third-order valence-corrected chi connectivity index (χ3v) is 3.40. The second kappa shape index (κ2) is 5.73. The molecule has 1 N–H and O–H groups in total. The Morgan fingerprint density at radius 1 is 1.13 bits per heavy atom. The van der Waals surface area contributed by atoms with Gasteiger partial charge in [0.05, 0.1) is 15.3 Å². The second-order valence-corrected chi connectivity index (χ2v) is 4.93. The SMILES string of the molecule is O=[N+]([O-])c1c(F)ccc2c(Nc3ccc(Cl)c(F)c3)ncnc12. The summed E-state index contributed by atoms with van der Waals surface area (Å²) in [6.07, 6.45) is 1.06. The Hall–Kier alpha value is -2.87. The fraction of sp³-hybridized carbons (Fsp3) is 0. The highest BCUT2D eigenvalue weighted by atomic mass is 35.5. The molecule has 0 radical (unpaired) electrons. The number of benzene rings is 2. The van der Waals surface area contributed by atoms with Crippen LogP contribution in [0.2, 0.25) is 5.02 Å². The molecule has 9 heteroatoms. The van der Waals surface area contributed by atoms with Gasteiger partial charge in [-0.3, -0.25) is 10.1 Å². The van der Waals surface area contributed by atoms with Crippen LogP contribution in [0.3, 0.4) is 0 Å². The third kappa shape index (κ3) is 2.76. The van der Waals surface area contributed by atoms with Crippen LogP contribution in [0, 0.1) is 21.7 Å². The number of halogens is 3. The lowest BCUT2D eigenvalue weighted by Crippen LogP contribution is -2.00. The molecule has 2 aromatic carbocycles. The normalized spacial score (nSPS) is 10.7.